The van der Waals surface area contributed by atoms with Crippen LogP contribution in [0.4, 0.5) is 22.7 Å². The minimum absolute atomic E-state index is 0.521. The normalized spacial score (nSPS) is 12.9. The van der Waals surface area contributed by atoms with Crippen LogP contribution in [0.25, 0.3) is 223 Å². The largest absolute Gasteiger partial charge is 0.492 e. The molecule has 24 aromatic rings. The minimum atomic E-state index is 0.521. The third kappa shape index (κ3) is 15.3. The van der Waals surface area contributed by atoms with Gasteiger partial charge in [-0.15, -0.1) is 0 Å². The van der Waals surface area contributed by atoms with Gasteiger partial charge >= 0.3 is 0 Å². The molecule has 0 spiro atoms. The van der Waals surface area contributed by atoms with Gasteiger partial charge in [0, 0.05) is 143 Å². The van der Waals surface area contributed by atoms with Crippen LogP contribution >= 0.6 is 0 Å². The van der Waals surface area contributed by atoms with E-state index in [4.69, 9.17) is 43.9 Å². The minimum Gasteiger partial charge on any atom is -0.492 e. The predicted molar refractivity (Wildman–Crippen MR) is 529 cm³/mol. The zero-order chi connectivity index (χ0) is 89.9. The molecule has 0 saturated carbocycles. The molecular formula is C105H77N27O4. The van der Waals surface area contributed by atoms with Crippen molar-refractivity contribution in [3.05, 3.63) is 299 Å². The van der Waals surface area contributed by atoms with Crippen molar-refractivity contribution in [2.24, 2.45) is 0 Å². The van der Waals surface area contributed by atoms with Gasteiger partial charge in [-0.1, -0.05) is 103 Å². The second-order valence-electron chi connectivity index (χ2n) is 33.1. The summed E-state index contributed by atoms with van der Waals surface area (Å²) in [4.78, 5) is 65.4. The van der Waals surface area contributed by atoms with E-state index in [1.165, 1.54) is 0 Å². The fraction of sp³-hybridized carbons (Fsp3) is 0.0762. The van der Waals surface area contributed by atoms with E-state index in [0.717, 1.165) is 240 Å². The van der Waals surface area contributed by atoms with Crippen LogP contribution in [0.3, 0.4) is 0 Å². The lowest BCUT2D eigenvalue weighted by atomic mass is 10.0. The summed E-state index contributed by atoms with van der Waals surface area (Å²) >= 11 is 0. The number of para-hydroxylation sites is 4. The Morgan fingerprint density at radius 2 is 0.625 bits per heavy atom. The average molecular weight is 1780 g/mol. The van der Waals surface area contributed by atoms with Crippen LogP contribution < -0.4 is 40.2 Å². The van der Waals surface area contributed by atoms with Gasteiger partial charge in [-0.05, 0) is 161 Å². The number of anilines is 4. The van der Waals surface area contributed by atoms with Gasteiger partial charge in [-0.2, -0.15) is 20.4 Å². The fourth-order valence-electron chi connectivity index (χ4n) is 17.8. The highest BCUT2D eigenvalue weighted by Gasteiger charge is 2.25. The highest BCUT2D eigenvalue weighted by molar-refractivity contribution is 6.03. The van der Waals surface area contributed by atoms with Gasteiger partial charge < -0.3 is 60.2 Å². The average Bonchev–Trinajstić information content (AvgIpc) is 1.63. The van der Waals surface area contributed by atoms with Crippen molar-refractivity contribution in [2.45, 2.75) is 0 Å². The Morgan fingerprint density at radius 1 is 0.235 bits per heavy atom. The number of benzene rings is 9. The van der Waals surface area contributed by atoms with Crippen LogP contribution in [0.2, 0.25) is 0 Å². The molecule has 28 rings (SSSR count). The Kier molecular flexibility index (Phi) is 19.8. The van der Waals surface area contributed by atoms with Gasteiger partial charge in [0.05, 0.1) is 106 Å². The van der Waals surface area contributed by atoms with E-state index in [2.05, 4.69) is 209 Å². The molecule has 0 atom stereocenters. The lowest BCUT2D eigenvalue weighted by Crippen LogP contribution is -2.11. The summed E-state index contributed by atoms with van der Waals surface area (Å²) < 4.78 is 24.1. The summed E-state index contributed by atoms with van der Waals surface area (Å²) in [5.74, 6) is 6.08. The van der Waals surface area contributed by atoms with E-state index in [1.54, 1.807) is 18.6 Å². The maximum absolute atomic E-state index is 6.03. The number of aromatic nitrogens is 23. The fourth-order valence-corrected chi connectivity index (χ4v) is 17.8. The number of aromatic amines is 8. The highest BCUT2D eigenvalue weighted by atomic mass is 16.5. The first-order chi connectivity index (χ1) is 67.3. The highest BCUT2D eigenvalue weighted by Crippen LogP contribution is 2.42. The Bertz CT molecular complexity index is 7740. The van der Waals surface area contributed by atoms with Crippen molar-refractivity contribution in [1.82, 2.24) is 116 Å². The van der Waals surface area contributed by atoms with E-state index < -0.39 is 0 Å². The van der Waals surface area contributed by atoms with Crippen molar-refractivity contribution in [3.8, 4) is 158 Å². The van der Waals surface area contributed by atoms with Gasteiger partial charge in [0.25, 0.3) is 0 Å². The first kappa shape index (κ1) is 79.4. The number of H-pyrrole nitrogens is 8. The number of rotatable bonds is 0. The number of nitrogens with one attached hydrogen (secondary N) is 12. The first-order valence-corrected chi connectivity index (χ1v) is 44.5. The summed E-state index contributed by atoms with van der Waals surface area (Å²) in [6.45, 7) is 4.71. The zero-order valence-corrected chi connectivity index (χ0v) is 72.3. The summed E-state index contributed by atoms with van der Waals surface area (Å²) in [6, 6.07) is 79.6. The lowest BCUT2D eigenvalue weighted by Gasteiger charge is -2.11. The maximum atomic E-state index is 6.03. The summed E-state index contributed by atoms with van der Waals surface area (Å²) in [5.41, 5.74) is 33.9. The quantitative estimate of drug-likeness (QED) is 0.0671. The number of pyridine rings is 7. The molecule has 9 aromatic carbocycles. The molecule has 12 N–H and O–H groups in total. The van der Waals surface area contributed by atoms with Crippen LogP contribution in [0.5, 0.6) is 23.0 Å². The molecule has 656 valence electrons. The smallest absolute Gasteiger partial charge is 0.181 e. The molecule has 0 amide bonds. The summed E-state index contributed by atoms with van der Waals surface area (Å²) in [5, 5.41) is 47.0. The van der Waals surface area contributed by atoms with Crippen LogP contribution in [0.15, 0.2) is 299 Å². The molecule has 0 radical (unpaired) electrons. The first-order valence-electron chi connectivity index (χ1n) is 44.5. The van der Waals surface area contributed by atoms with Crippen molar-refractivity contribution in [2.75, 3.05) is 73.9 Å². The van der Waals surface area contributed by atoms with E-state index in [9.17, 15) is 0 Å². The van der Waals surface area contributed by atoms with Crippen LogP contribution in [-0.4, -0.2) is 168 Å². The predicted octanol–water partition coefficient (Wildman–Crippen LogP) is 20.7. The van der Waals surface area contributed by atoms with Gasteiger partial charge in [0.2, 0.25) is 0 Å². The van der Waals surface area contributed by atoms with E-state index in [1.807, 2.05) is 183 Å². The number of imidazole rings is 4. The van der Waals surface area contributed by atoms with E-state index >= 15 is 0 Å². The van der Waals surface area contributed by atoms with E-state index in [-0.39, 0.29) is 0 Å². The van der Waals surface area contributed by atoms with Crippen molar-refractivity contribution in [1.29, 1.82) is 0 Å². The maximum Gasteiger partial charge on any atom is 0.181 e. The second kappa shape index (κ2) is 33.9. The molecular weight excluding hydrogens is 1700 g/mol. The lowest BCUT2D eigenvalue weighted by molar-refractivity contribution is 0.333. The zero-order valence-electron chi connectivity index (χ0n) is 72.3. The molecule has 32 bridgehead atoms. The number of fused-ring (bicyclic) bond motifs is 36. The standard InChI is InChI=1S/C27H20N6O.3C26H19N7O/c1-3-17-12-20(4-1)34-10-9-29-19-11-18(14-28-15-19)16-7-8-23-22(13-16)26(33-32-23)27-30-24-6-2-5-21(17)25(24)31-27;1-3-15-10-19(4-1)34-8-7-28-18-9-16(12-27-14-18)17-11-21-24(32-33-25(21)29-13-17)26-30-22-6-2-5-20(15)23(22)31-26;1-3-15-10-18(4-1)34-8-7-28-17-9-16(12-27-13-17)22-11-20-23(14-29-22)32-33-25(20)26-30-21-6-2-5-19(15)24(21)31-26;1-3-15-12-18(4-1)34-10-9-28-17-11-16(13-27-14-17)20-7-8-22-24(29-20)25(33-32-22)26-30-21-6-2-5-19(15)23(21)31-26/h1-8,11-15,29H,9-10H2,(H,30,31)(H,32,33);1-6,9-14,28H,7-8H2,(H,30,31)(H,29,32,33);1-6,9-14,28H,7-8H2,(H,30,31)(H,32,33);1-8,11-14,28H,9-10H2,(H,30,31)(H,32,33). The van der Waals surface area contributed by atoms with Crippen LogP contribution in [0.1, 0.15) is 0 Å². The summed E-state index contributed by atoms with van der Waals surface area (Å²) in [6.07, 6.45) is 18.2. The van der Waals surface area contributed by atoms with Crippen molar-refractivity contribution in [3.63, 3.8) is 0 Å². The van der Waals surface area contributed by atoms with Gasteiger partial charge in [0.1, 0.15) is 72.0 Å². The number of nitrogens with zero attached hydrogens (tertiary/aromatic N) is 15. The molecule has 15 aromatic heterocycles. The molecule has 0 saturated heterocycles. The molecule has 4 aliphatic rings. The van der Waals surface area contributed by atoms with Gasteiger partial charge in [-0.3, -0.25) is 45.3 Å². The Labute approximate surface area is 771 Å². The van der Waals surface area contributed by atoms with Crippen molar-refractivity contribution < 1.29 is 18.9 Å². The Morgan fingerprint density at radius 3 is 1.12 bits per heavy atom. The summed E-state index contributed by atoms with van der Waals surface area (Å²) in [7, 11) is 0. The number of ether oxygens (including phenoxy) is 4. The van der Waals surface area contributed by atoms with Crippen molar-refractivity contribution >= 4 is 111 Å². The van der Waals surface area contributed by atoms with Gasteiger partial charge in [-0.25, -0.2) is 29.9 Å². The van der Waals surface area contributed by atoms with Crippen LogP contribution in [-0.2, 0) is 0 Å². The molecule has 4 aliphatic heterocycles. The third-order valence-electron chi connectivity index (χ3n) is 24.4. The number of hydrogen-bond acceptors (Lipinski definition) is 23. The van der Waals surface area contributed by atoms with Crippen LogP contribution in [0, 0.1) is 0 Å². The second-order valence-corrected chi connectivity index (χ2v) is 33.1. The molecule has 0 fully saturated rings. The molecule has 19 heterocycles. The number of hydrogen-bond donors (Lipinski definition) is 12. The Hall–Kier alpha value is -18.8. The SMILES string of the molecule is c1cc2cc(c1)-c1cccc3[nH]c(nc13)-c1[nH]nc3ncc(cc13)-c1cncc(c1)NCCO2.c1cc2cc(c1)-c1cccc3[nH]c(nc13)-c1n[nH]c3ccc(cc13)-c1cncc(c1)NCCO2.c1cc2cc(c1)-c1cccc3[nH]c(nc13)-c1n[nH]c3ccc(nc13)-c1cncc(c1)NCCO2.c1cc2cc(c1)-c1cccc3[nH]c(nc13)-c1n[nH]c3cnc(cc13)-c1cncc(c1)NCCO2. The van der Waals surface area contributed by atoms with E-state index in [0.29, 0.717) is 81.4 Å². The molecule has 31 nitrogen and oxygen atoms in total. The topological polar surface area (TPSA) is 405 Å². The molecule has 31 heteroatoms. The monoisotopic (exact) mass is 1780 g/mol. The molecule has 0 unspecified atom stereocenters. The molecule has 0 aliphatic carbocycles. The third-order valence-corrected chi connectivity index (χ3v) is 24.4. The van der Waals surface area contributed by atoms with Gasteiger partial charge in [0.15, 0.2) is 34.6 Å². The molecule has 136 heavy (non-hydrogen) atoms. The Balaban J connectivity index is 0.0000000965.